The molecule has 2 atom stereocenters. The molecule has 174 valence electrons. The number of carbonyl (C=O) groups is 3. The van der Waals surface area contributed by atoms with Crippen LogP contribution >= 0.6 is 23.2 Å². The predicted octanol–water partition coefficient (Wildman–Crippen LogP) is 1.76. The molecule has 0 bridgehead atoms. The third kappa shape index (κ3) is 5.01. The molecule has 2 aromatic rings. The monoisotopic (exact) mass is 504 g/mol. The number of aliphatic carboxylic acids is 1. The van der Waals surface area contributed by atoms with Crippen LogP contribution in [0, 0.1) is 5.92 Å². The molecule has 1 aromatic carbocycles. The number of hydrogen-bond acceptors (Lipinski definition) is 5. The highest BCUT2D eigenvalue weighted by molar-refractivity contribution is 7.87. The topological polar surface area (TPSA) is 138 Å². The van der Waals surface area contributed by atoms with Crippen LogP contribution in [0.1, 0.15) is 30.3 Å². The molecule has 3 rings (SSSR count). The number of carboxylic acid groups (broad SMARTS) is 1. The van der Waals surface area contributed by atoms with Gasteiger partial charge >= 0.3 is 16.2 Å². The van der Waals surface area contributed by atoms with Gasteiger partial charge in [-0.15, -0.1) is 0 Å². The number of piperidine rings is 1. The largest absolute Gasteiger partial charge is 0.481 e. The fourth-order valence-corrected chi connectivity index (χ4v) is 5.50. The van der Waals surface area contributed by atoms with Crippen LogP contribution < -0.4 is 10.0 Å². The van der Waals surface area contributed by atoms with Gasteiger partial charge in [0, 0.05) is 49.9 Å². The molecular formula is C19H22Cl2N4O6S. The molecule has 1 saturated heterocycles. The van der Waals surface area contributed by atoms with Crippen molar-refractivity contribution in [3.63, 3.8) is 0 Å². The number of rotatable bonds is 6. The summed E-state index contributed by atoms with van der Waals surface area (Å²) in [6.45, 7) is 0.930. The van der Waals surface area contributed by atoms with Crippen molar-refractivity contribution in [1.82, 2.24) is 18.9 Å². The molecule has 0 radical (unpaired) electrons. The number of amides is 2. The molecule has 32 heavy (non-hydrogen) atoms. The van der Waals surface area contributed by atoms with Crippen molar-refractivity contribution in [3.8, 4) is 0 Å². The molecule has 2 heterocycles. The zero-order valence-corrected chi connectivity index (χ0v) is 19.6. The molecule has 1 aliphatic heterocycles. The maximum Gasteiger partial charge on any atom is 0.303 e. The highest BCUT2D eigenvalue weighted by Crippen LogP contribution is 2.32. The summed E-state index contributed by atoms with van der Waals surface area (Å²) in [5.74, 6) is -3.01. The molecule has 0 saturated carbocycles. The van der Waals surface area contributed by atoms with Crippen LogP contribution in [0.4, 0.5) is 0 Å². The zero-order chi connectivity index (χ0) is 23.8. The quantitative estimate of drug-likeness (QED) is 0.547. The third-order valence-electron chi connectivity index (χ3n) is 5.41. The number of aromatic nitrogens is 1. The minimum Gasteiger partial charge on any atom is -0.481 e. The lowest BCUT2D eigenvalue weighted by Crippen LogP contribution is -2.55. The molecule has 1 aliphatic rings. The SMILES string of the molecule is CC(=O)NS(=O)(=O)N1CC[C@@H](NC(=O)c2cc3c(Cl)c(Cl)ccc3n2C)[C@@H](CC(=O)O)C1. The first kappa shape index (κ1) is 24.3. The summed E-state index contributed by atoms with van der Waals surface area (Å²) < 4.78 is 29.2. The van der Waals surface area contributed by atoms with Gasteiger partial charge in [0.25, 0.3) is 5.91 Å². The van der Waals surface area contributed by atoms with Crippen molar-refractivity contribution in [2.75, 3.05) is 13.1 Å². The summed E-state index contributed by atoms with van der Waals surface area (Å²) in [6.07, 6.45) is -0.174. The minimum atomic E-state index is -4.09. The molecule has 1 fully saturated rings. The second-order valence-corrected chi connectivity index (χ2v) is 10.1. The van der Waals surface area contributed by atoms with Gasteiger partial charge in [-0.25, -0.2) is 4.72 Å². The van der Waals surface area contributed by atoms with E-state index in [0.29, 0.717) is 26.6 Å². The molecule has 0 aliphatic carbocycles. The molecular weight excluding hydrogens is 483 g/mol. The Bertz CT molecular complexity index is 1200. The molecule has 13 heteroatoms. The second kappa shape index (κ2) is 9.26. The first-order valence-corrected chi connectivity index (χ1v) is 11.8. The van der Waals surface area contributed by atoms with E-state index in [2.05, 4.69) is 5.32 Å². The lowest BCUT2D eigenvalue weighted by molar-refractivity contribution is -0.138. The maximum absolute atomic E-state index is 13.0. The predicted molar refractivity (Wildman–Crippen MR) is 119 cm³/mol. The van der Waals surface area contributed by atoms with E-state index in [0.717, 1.165) is 11.2 Å². The summed E-state index contributed by atoms with van der Waals surface area (Å²) in [4.78, 5) is 35.6. The number of benzene rings is 1. The van der Waals surface area contributed by atoms with E-state index in [1.807, 2.05) is 4.72 Å². The Hall–Kier alpha value is -2.34. The Morgan fingerprint density at radius 1 is 1.25 bits per heavy atom. The van der Waals surface area contributed by atoms with Crippen LogP contribution in [0.3, 0.4) is 0 Å². The number of carbonyl (C=O) groups excluding carboxylic acids is 2. The van der Waals surface area contributed by atoms with Gasteiger partial charge in [0.1, 0.15) is 5.69 Å². The molecule has 0 unspecified atom stereocenters. The number of fused-ring (bicyclic) bond motifs is 1. The number of halogens is 2. The van der Waals surface area contributed by atoms with Crippen LogP contribution in [-0.2, 0) is 26.8 Å². The summed E-state index contributed by atoms with van der Waals surface area (Å²) in [5.41, 5.74) is 0.995. The van der Waals surface area contributed by atoms with Gasteiger partial charge in [-0.3, -0.25) is 14.4 Å². The fourth-order valence-electron chi connectivity index (χ4n) is 3.89. The third-order valence-corrected chi connectivity index (χ3v) is 7.78. The summed E-state index contributed by atoms with van der Waals surface area (Å²) in [7, 11) is -2.40. The van der Waals surface area contributed by atoms with E-state index in [-0.39, 0.29) is 25.9 Å². The molecule has 3 N–H and O–H groups in total. The van der Waals surface area contributed by atoms with Gasteiger partial charge in [0.05, 0.1) is 16.5 Å². The van der Waals surface area contributed by atoms with E-state index in [9.17, 15) is 27.9 Å². The lowest BCUT2D eigenvalue weighted by Gasteiger charge is -2.37. The highest BCUT2D eigenvalue weighted by Gasteiger charge is 2.37. The van der Waals surface area contributed by atoms with Gasteiger partial charge < -0.3 is 15.0 Å². The zero-order valence-electron chi connectivity index (χ0n) is 17.3. The van der Waals surface area contributed by atoms with Gasteiger partial charge in [-0.2, -0.15) is 12.7 Å². The Morgan fingerprint density at radius 2 is 1.94 bits per heavy atom. The Labute approximate surface area is 194 Å². The van der Waals surface area contributed by atoms with Crippen molar-refractivity contribution in [2.45, 2.75) is 25.8 Å². The number of aryl methyl sites for hydroxylation is 1. The molecule has 0 spiro atoms. The number of nitrogens with one attached hydrogen (secondary N) is 2. The van der Waals surface area contributed by atoms with Gasteiger partial charge in [0.15, 0.2) is 0 Å². The maximum atomic E-state index is 13.0. The van der Waals surface area contributed by atoms with Crippen molar-refractivity contribution < 1.29 is 27.9 Å². The molecule has 2 amide bonds. The second-order valence-electron chi connectivity index (χ2n) is 7.63. The van der Waals surface area contributed by atoms with Crippen molar-refractivity contribution >= 4 is 62.1 Å². The molecule has 1 aromatic heterocycles. The Balaban J connectivity index is 1.83. The van der Waals surface area contributed by atoms with E-state index in [1.54, 1.807) is 29.8 Å². The average Bonchev–Trinajstić information content (AvgIpc) is 3.02. The van der Waals surface area contributed by atoms with Crippen molar-refractivity contribution in [1.29, 1.82) is 0 Å². The Morgan fingerprint density at radius 3 is 2.56 bits per heavy atom. The van der Waals surface area contributed by atoms with E-state index in [1.165, 1.54) is 0 Å². The fraction of sp³-hybridized carbons (Fsp3) is 0.421. The first-order valence-electron chi connectivity index (χ1n) is 9.65. The van der Waals surface area contributed by atoms with Gasteiger partial charge in [-0.1, -0.05) is 23.2 Å². The normalized spacial score (nSPS) is 19.6. The van der Waals surface area contributed by atoms with E-state index < -0.39 is 40.0 Å². The number of nitrogens with zero attached hydrogens (tertiary/aromatic N) is 2. The van der Waals surface area contributed by atoms with Crippen molar-refractivity contribution in [2.24, 2.45) is 13.0 Å². The number of carboxylic acids is 1. The lowest BCUT2D eigenvalue weighted by atomic mass is 9.90. The van der Waals surface area contributed by atoms with Gasteiger partial charge in [0.2, 0.25) is 5.91 Å². The summed E-state index contributed by atoms with van der Waals surface area (Å²) >= 11 is 12.3. The van der Waals surface area contributed by atoms with Crippen LogP contribution in [0.25, 0.3) is 10.9 Å². The summed E-state index contributed by atoms with van der Waals surface area (Å²) in [6, 6.07) is 4.38. The number of hydrogen-bond donors (Lipinski definition) is 3. The van der Waals surface area contributed by atoms with Crippen LogP contribution in [-0.4, -0.2) is 59.3 Å². The highest BCUT2D eigenvalue weighted by atomic mass is 35.5. The van der Waals surface area contributed by atoms with Crippen molar-refractivity contribution in [3.05, 3.63) is 33.9 Å². The minimum absolute atomic E-state index is 0.0141. The standard InChI is InChI=1S/C19H22Cl2N4O6S/c1-10(26)23-32(30,31)25-6-5-14(11(9-25)7-17(27)28)22-19(29)16-8-12-15(24(16)2)4-3-13(20)18(12)21/h3-4,8,11,14H,5-7,9H2,1-2H3,(H,22,29)(H,23,26)(H,27,28)/t11-,14+/m0/s1. The van der Waals surface area contributed by atoms with Crippen LogP contribution in [0.2, 0.25) is 10.0 Å². The van der Waals surface area contributed by atoms with E-state index >= 15 is 0 Å². The first-order chi connectivity index (χ1) is 14.9. The average molecular weight is 505 g/mol. The smallest absolute Gasteiger partial charge is 0.303 e. The Kier molecular flexibility index (Phi) is 7.03. The van der Waals surface area contributed by atoms with Crippen LogP contribution in [0.15, 0.2) is 18.2 Å². The van der Waals surface area contributed by atoms with Gasteiger partial charge in [-0.05, 0) is 24.6 Å². The summed E-state index contributed by atoms with van der Waals surface area (Å²) in [5, 5.41) is 13.4. The molecule has 10 nitrogen and oxygen atoms in total. The van der Waals surface area contributed by atoms with Crippen LogP contribution in [0.5, 0.6) is 0 Å². The van der Waals surface area contributed by atoms with E-state index in [4.69, 9.17) is 23.2 Å².